The lowest BCUT2D eigenvalue weighted by atomic mass is 9.55. The molecule has 2 unspecified atom stereocenters. The van der Waals surface area contributed by atoms with Crippen molar-refractivity contribution in [2.24, 2.45) is 10.4 Å². The summed E-state index contributed by atoms with van der Waals surface area (Å²) in [5.74, 6) is 1.08. The number of nitrogens with zero attached hydrogens (tertiary/aromatic N) is 3. The molecule has 124 valence electrons. The van der Waals surface area contributed by atoms with Gasteiger partial charge < -0.3 is 14.5 Å². The normalized spacial score (nSPS) is 26.5. The summed E-state index contributed by atoms with van der Waals surface area (Å²) in [6.45, 7) is 2.94. The third kappa shape index (κ3) is 3.84. The number of rotatable bonds is 3. The topological polar surface area (TPSA) is 28.1 Å². The van der Waals surface area contributed by atoms with Crippen molar-refractivity contribution in [2.75, 3.05) is 34.8 Å². The third-order valence-corrected chi connectivity index (χ3v) is 4.97. The van der Waals surface area contributed by atoms with Gasteiger partial charge in [-0.1, -0.05) is 19.3 Å². The minimum atomic E-state index is 0. The van der Waals surface area contributed by atoms with Crippen molar-refractivity contribution in [1.82, 2.24) is 9.80 Å². The number of halogens is 1. The van der Waals surface area contributed by atoms with Gasteiger partial charge in [0.05, 0.1) is 12.1 Å². The summed E-state index contributed by atoms with van der Waals surface area (Å²) >= 11 is 0. The van der Waals surface area contributed by atoms with Crippen LogP contribution >= 0.6 is 24.0 Å². The Kier molecular flexibility index (Phi) is 7.24. The molecule has 0 aromatic carbocycles. The molecule has 0 saturated heterocycles. The maximum atomic E-state index is 6.01. The molecule has 0 amide bonds. The van der Waals surface area contributed by atoms with Gasteiger partial charge in [-0.25, -0.2) is 4.99 Å². The van der Waals surface area contributed by atoms with Gasteiger partial charge >= 0.3 is 0 Å². The molecule has 4 nitrogen and oxygen atoms in total. The summed E-state index contributed by atoms with van der Waals surface area (Å²) in [7, 11) is 8.30. The van der Waals surface area contributed by atoms with Gasteiger partial charge in [0.2, 0.25) is 0 Å². The number of hydrogen-bond donors (Lipinski definition) is 0. The van der Waals surface area contributed by atoms with Gasteiger partial charge in [0.15, 0.2) is 5.96 Å². The van der Waals surface area contributed by atoms with Crippen LogP contribution in [-0.2, 0) is 4.74 Å². The molecule has 0 aromatic rings. The summed E-state index contributed by atoms with van der Waals surface area (Å²) in [6, 6.07) is 0.444. The highest BCUT2D eigenvalue weighted by molar-refractivity contribution is 14.0. The summed E-state index contributed by atoms with van der Waals surface area (Å²) < 4.78 is 6.01. The quantitative estimate of drug-likeness (QED) is 0.407. The predicted molar refractivity (Wildman–Crippen MR) is 99.6 cm³/mol. The van der Waals surface area contributed by atoms with Crippen LogP contribution in [0.25, 0.3) is 0 Å². The Labute approximate surface area is 147 Å². The monoisotopic (exact) mass is 409 g/mol. The second-order valence-electron chi connectivity index (χ2n) is 6.71. The van der Waals surface area contributed by atoms with E-state index in [1.165, 1.54) is 32.1 Å². The molecule has 21 heavy (non-hydrogen) atoms. The molecule has 2 rings (SSSR count). The number of aliphatic imine (C=N–C) groups is 1. The molecule has 2 fully saturated rings. The van der Waals surface area contributed by atoms with Crippen molar-refractivity contribution >= 4 is 29.9 Å². The fourth-order valence-electron chi connectivity index (χ4n) is 3.98. The minimum Gasteiger partial charge on any atom is -0.378 e. The van der Waals surface area contributed by atoms with Crippen LogP contribution in [0.4, 0.5) is 0 Å². The standard InChI is InChI=1S/C16H31N3O.HI/c1-6-20-14-12-13(16(14)10-8-7-9-11-16)17-15(18(2)3)19(4)5;/h13-14H,6-12H2,1-5H3;1H. The predicted octanol–water partition coefficient (Wildman–Crippen LogP) is 3.21. The van der Waals surface area contributed by atoms with Crippen LogP contribution in [0, 0.1) is 5.41 Å². The van der Waals surface area contributed by atoms with Crippen molar-refractivity contribution in [2.45, 2.75) is 57.6 Å². The molecule has 2 atom stereocenters. The van der Waals surface area contributed by atoms with E-state index < -0.39 is 0 Å². The van der Waals surface area contributed by atoms with Gasteiger partial charge in [-0.2, -0.15) is 0 Å². The summed E-state index contributed by atoms with van der Waals surface area (Å²) in [5, 5.41) is 0. The second-order valence-corrected chi connectivity index (χ2v) is 6.71. The van der Waals surface area contributed by atoms with E-state index >= 15 is 0 Å². The molecular weight excluding hydrogens is 377 g/mol. The zero-order chi connectivity index (χ0) is 14.8. The van der Waals surface area contributed by atoms with Crippen LogP contribution in [0.5, 0.6) is 0 Å². The Morgan fingerprint density at radius 3 is 2.14 bits per heavy atom. The Hall–Kier alpha value is -0.0400. The van der Waals surface area contributed by atoms with Crippen molar-refractivity contribution in [3.63, 3.8) is 0 Å². The molecule has 0 aliphatic heterocycles. The van der Waals surface area contributed by atoms with Gasteiger partial charge in [-0.3, -0.25) is 0 Å². The maximum absolute atomic E-state index is 6.01. The van der Waals surface area contributed by atoms with Crippen molar-refractivity contribution in [3.8, 4) is 0 Å². The van der Waals surface area contributed by atoms with Crippen LogP contribution in [0.1, 0.15) is 45.4 Å². The van der Waals surface area contributed by atoms with Crippen LogP contribution in [-0.4, -0.2) is 62.7 Å². The van der Waals surface area contributed by atoms with E-state index in [9.17, 15) is 0 Å². The first-order valence-electron chi connectivity index (χ1n) is 8.05. The van der Waals surface area contributed by atoms with Crippen molar-refractivity contribution in [1.29, 1.82) is 0 Å². The van der Waals surface area contributed by atoms with E-state index in [1.54, 1.807) is 0 Å². The van der Waals surface area contributed by atoms with Crippen molar-refractivity contribution in [3.05, 3.63) is 0 Å². The first-order chi connectivity index (χ1) is 9.51. The van der Waals surface area contributed by atoms with Crippen molar-refractivity contribution < 1.29 is 4.74 Å². The average Bonchev–Trinajstić information content (AvgIpc) is 2.42. The van der Waals surface area contributed by atoms with Gasteiger partial charge in [-0.15, -0.1) is 24.0 Å². The van der Waals surface area contributed by atoms with Gasteiger partial charge in [0, 0.05) is 40.2 Å². The fraction of sp³-hybridized carbons (Fsp3) is 0.938. The highest BCUT2D eigenvalue weighted by atomic mass is 127. The van der Waals surface area contributed by atoms with Crippen LogP contribution in [0.3, 0.4) is 0 Å². The van der Waals surface area contributed by atoms with Gasteiger partial charge in [0.25, 0.3) is 0 Å². The molecule has 5 heteroatoms. The zero-order valence-electron chi connectivity index (χ0n) is 14.3. The lowest BCUT2D eigenvalue weighted by Crippen LogP contribution is -2.59. The van der Waals surface area contributed by atoms with Crippen LogP contribution in [0.2, 0.25) is 0 Å². The molecule has 0 N–H and O–H groups in total. The maximum Gasteiger partial charge on any atom is 0.195 e. The number of hydrogen-bond acceptors (Lipinski definition) is 2. The Morgan fingerprint density at radius 1 is 1.10 bits per heavy atom. The van der Waals surface area contributed by atoms with E-state index in [-0.39, 0.29) is 24.0 Å². The van der Waals surface area contributed by atoms with Crippen LogP contribution in [0.15, 0.2) is 4.99 Å². The second kappa shape index (κ2) is 7.99. The van der Waals surface area contributed by atoms with E-state index in [1.807, 2.05) is 0 Å². The molecular formula is C16H32IN3O. The number of guanidine groups is 1. The van der Waals surface area contributed by atoms with E-state index in [4.69, 9.17) is 9.73 Å². The summed E-state index contributed by atoms with van der Waals surface area (Å²) in [5.41, 5.74) is 0.325. The molecule has 0 heterocycles. The van der Waals surface area contributed by atoms with Crippen LogP contribution < -0.4 is 0 Å². The first-order valence-corrected chi connectivity index (χ1v) is 8.05. The lowest BCUT2D eigenvalue weighted by molar-refractivity contribution is -0.139. The Balaban J connectivity index is 0.00000220. The van der Waals surface area contributed by atoms with Gasteiger partial charge in [-0.05, 0) is 26.2 Å². The highest BCUT2D eigenvalue weighted by Gasteiger charge is 2.56. The smallest absolute Gasteiger partial charge is 0.195 e. The fourth-order valence-corrected chi connectivity index (χ4v) is 3.98. The minimum absolute atomic E-state index is 0. The lowest BCUT2D eigenvalue weighted by Gasteiger charge is -2.56. The molecule has 0 bridgehead atoms. The third-order valence-electron chi connectivity index (χ3n) is 4.97. The molecule has 2 aliphatic carbocycles. The van der Waals surface area contributed by atoms with E-state index in [0.29, 0.717) is 17.6 Å². The first kappa shape index (κ1) is 19.0. The molecule has 1 spiro atoms. The summed E-state index contributed by atoms with van der Waals surface area (Å²) in [6.07, 6.45) is 8.18. The molecule has 0 radical (unpaired) electrons. The Morgan fingerprint density at radius 2 is 1.67 bits per heavy atom. The van der Waals surface area contributed by atoms with E-state index in [0.717, 1.165) is 19.0 Å². The summed E-state index contributed by atoms with van der Waals surface area (Å²) in [4.78, 5) is 9.31. The number of ether oxygens (including phenoxy) is 1. The average molecular weight is 409 g/mol. The molecule has 2 aliphatic rings. The van der Waals surface area contributed by atoms with Gasteiger partial charge in [0.1, 0.15) is 0 Å². The van der Waals surface area contributed by atoms with E-state index in [2.05, 4.69) is 44.9 Å². The molecule has 0 aromatic heterocycles. The Bertz CT molecular complexity index is 341. The largest absolute Gasteiger partial charge is 0.378 e. The SMILES string of the molecule is CCOC1CC(N=C(N(C)C)N(C)C)C12CCCCC2.I. The highest BCUT2D eigenvalue weighted by Crippen LogP contribution is 2.54. The zero-order valence-corrected chi connectivity index (χ0v) is 16.6. The molecule has 2 saturated carbocycles.